The van der Waals surface area contributed by atoms with Crippen molar-refractivity contribution in [2.45, 2.75) is 19.9 Å². The SMILES string of the molecule is Cc1ccc2[nH]nc(C(=O)NC(C)CO)c2c1. The minimum atomic E-state index is -0.279. The van der Waals surface area contributed by atoms with Gasteiger partial charge in [0, 0.05) is 11.4 Å². The van der Waals surface area contributed by atoms with Crippen LogP contribution in [0.25, 0.3) is 10.9 Å². The van der Waals surface area contributed by atoms with Crippen molar-refractivity contribution in [3.8, 4) is 0 Å². The molecule has 1 atom stereocenters. The van der Waals surface area contributed by atoms with Gasteiger partial charge in [0.1, 0.15) is 0 Å². The molecule has 0 bridgehead atoms. The molecule has 0 saturated heterocycles. The molecule has 90 valence electrons. The molecule has 1 unspecified atom stereocenters. The third kappa shape index (κ3) is 2.29. The minimum Gasteiger partial charge on any atom is -0.394 e. The van der Waals surface area contributed by atoms with Crippen LogP contribution in [0.1, 0.15) is 23.0 Å². The van der Waals surface area contributed by atoms with Crippen LogP contribution in [0.2, 0.25) is 0 Å². The molecule has 0 aliphatic rings. The molecular weight excluding hydrogens is 218 g/mol. The Labute approximate surface area is 98.8 Å². The van der Waals surface area contributed by atoms with Crippen molar-refractivity contribution in [2.75, 3.05) is 6.61 Å². The van der Waals surface area contributed by atoms with Crippen molar-refractivity contribution in [2.24, 2.45) is 0 Å². The van der Waals surface area contributed by atoms with Gasteiger partial charge in [-0.1, -0.05) is 11.6 Å². The number of aryl methyl sites for hydroxylation is 1. The molecule has 0 fully saturated rings. The molecule has 0 aliphatic carbocycles. The van der Waals surface area contributed by atoms with E-state index in [4.69, 9.17) is 5.11 Å². The van der Waals surface area contributed by atoms with Gasteiger partial charge in [0.25, 0.3) is 5.91 Å². The van der Waals surface area contributed by atoms with E-state index in [1.165, 1.54) is 0 Å². The van der Waals surface area contributed by atoms with Crippen molar-refractivity contribution in [1.29, 1.82) is 0 Å². The number of nitrogens with zero attached hydrogens (tertiary/aromatic N) is 1. The summed E-state index contributed by atoms with van der Waals surface area (Å²) in [5.41, 5.74) is 2.27. The van der Waals surface area contributed by atoms with E-state index in [9.17, 15) is 4.79 Å². The van der Waals surface area contributed by atoms with Crippen LogP contribution in [0.15, 0.2) is 18.2 Å². The Morgan fingerprint density at radius 3 is 3.06 bits per heavy atom. The summed E-state index contributed by atoms with van der Waals surface area (Å²) < 4.78 is 0. The summed E-state index contributed by atoms with van der Waals surface area (Å²) in [6.45, 7) is 3.61. The van der Waals surface area contributed by atoms with Gasteiger partial charge in [0.2, 0.25) is 0 Å². The molecule has 2 aromatic rings. The quantitative estimate of drug-likeness (QED) is 0.739. The zero-order valence-electron chi connectivity index (χ0n) is 9.82. The third-order valence-corrected chi connectivity index (χ3v) is 2.58. The van der Waals surface area contributed by atoms with Gasteiger partial charge in [-0.15, -0.1) is 0 Å². The lowest BCUT2D eigenvalue weighted by atomic mass is 10.1. The number of carbonyl (C=O) groups excluding carboxylic acids is 1. The number of nitrogens with one attached hydrogen (secondary N) is 2. The molecule has 5 nitrogen and oxygen atoms in total. The maximum absolute atomic E-state index is 11.9. The molecule has 0 aliphatic heterocycles. The predicted molar refractivity (Wildman–Crippen MR) is 64.8 cm³/mol. The zero-order valence-corrected chi connectivity index (χ0v) is 9.82. The van der Waals surface area contributed by atoms with Crippen LogP contribution in [0.4, 0.5) is 0 Å². The first kappa shape index (κ1) is 11.6. The first-order valence-corrected chi connectivity index (χ1v) is 5.48. The molecule has 0 saturated carbocycles. The van der Waals surface area contributed by atoms with Crippen molar-refractivity contribution in [1.82, 2.24) is 15.5 Å². The van der Waals surface area contributed by atoms with E-state index in [-0.39, 0.29) is 18.6 Å². The number of amides is 1. The van der Waals surface area contributed by atoms with Gasteiger partial charge in [-0.3, -0.25) is 9.89 Å². The fourth-order valence-electron chi connectivity index (χ4n) is 1.64. The number of aliphatic hydroxyl groups excluding tert-OH is 1. The lowest BCUT2D eigenvalue weighted by Gasteiger charge is -2.09. The average Bonchev–Trinajstić information content (AvgIpc) is 2.71. The van der Waals surface area contributed by atoms with Crippen LogP contribution in [0.3, 0.4) is 0 Å². The molecule has 1 amide bonds. The number of hydrogen-bond donors (Lipinski definition) is 3. The molecule has 3 N–H and O–H groups in total. The normalized spacial score (nSPS) is 12.6. The summed E-state index contributed by atoms with van der Waals surface area (Å²) in [5, 5.41) is 19.2. The molecule has 0 spiro atoms. The van der Waals surface area contributed by atoms with Crippen LogP contribution in [0.5, 0.6) is 0 Å². The monoisotopic (exact) mass is 233 g/mol. The van der Waals surface area contributed by atoms with E-state index >= 15 is 0 Å². The van der Waals surface area contributed by atoms with Crippen molar-refractivity contribution in [3.05, 3.63) is 29.5 Å². The summed E-state index contributed by atoms with van der Waals surface area (Å²) in [7, 11) is 0. The Bertz CT molecular complexity index is 548. The zero-order chi connectivity index (χ0) is 12.4. The van der Waals surface area contributed by atoms with E-state index in [0.29, 0.717) is 5.69 Å². The first-order chi connectivity index (χ1) is 8.11. The topological polar surface area (TPSA) is 78.0 Å². The highest BCUT2D eigenvalue weighted by Crippen LogP contribution is 2.17. The van der Waals surface area contributed by atoms with Gasteiger partial charge < -0.3 is 10.4 Å². The Kier molecular flexibility index (Phi) is 3.10. The molecular formula is C12H15N3O2. The van der Waals surface area contributed by atoms with Crippen LogP contribution in [-0.4, -0.2) is 33.9 Å². The van der Waals surface area contributed by atoms with E-state index < -0.39 is 0 Å². The summed E-state index contributed by atoms with van der Waals surface area (Å²) in [6.07, 6.45) is 0. The van der Waals surface area contributed by atoms with E-state index in [1.807, 2.05) is 25.1 Å². The Hall–Kier alpha value is -1.88. The number of aliphatic hydroxyl groups is 1. The molecule has 2 rings (SSSR count). The minimum absolute atomic E-state index is 0.0902. The van der Waals surface area contributed by atoms with Crippen molar-refractivity contribution in [3.63, 3.8) is 0 Å². The second kappa shape index (κ2) is 4.55. The van der Waals surface area contributed by atoms with Gasteiger partial charge in [0.15, 0.2) is 5.69 Å². The maximum Gasteiger partial charge on any atom is 0.272 e. The molecule has 1 heterocycles. The number of aromatic amines is 1. The Balaban J connectivity index is 2.35. The summed E-state index contributed by atoms with van der Waals surface area (Å²) >= 11 is 0. The lowest BCUT2D eigenvalue weighted by Crippen LogP contribution is -2.35. The van der Waals surface area contributed by atoms with Crippen molar-refractivity contribution >= 4 is 16.8 Å². The predicted octanol–water partition coefficient (Wildman–Crippen LogP) is 0.982. The lowest BCUT2D eigenvalue weighted by molar-refractivity contribution is 0.0919. The van der Waals surface area contributed by atoms with Crippen LogP contribution in [0, 0.1) is 6.92 Å². The maximum atomic E-state index is 11.9. The van der Waals surface area contributed by atoms with Gasteiger partial charge in [-0.05, 0) is 26.0 Å². The van der Waals surface area contributed by atoms with E-state index in [0.717, 1.165) is 16.5 Å². The fourth-order valence-corrected chi connectivity index (χ4v) is 1.64. The summed E-state index contributed by atoms with van der Waals surface area (Å²) in [5.74, 6) is -0.275. The van der Waals surface area contributed by atoms with Gasteiger partial charge in [-0.25, -0.2) is 0 Å². The van der Waals surface area contributed by atoms with Gasteiger partial charge in [-0.2, -0.15) is 5.10 Å². The van der Waals surface area contributed by atoms with Crippen LogP contribution < -0.4 is 5.32 Å². The molecule has 1 aromatic carbocycles. The highest BCUT2D eigenvalue weighted by Gasteiger charge is 2.15. The number of rotatable bonds is 3. The number of benzene rings is 1. The number of fused-ring (bicyclic) bond motifs is 1. The highest BCUT2D eigenvalue weighted by molar-refractivity contribution is 6.04. The second-order valence-electron chi connectivity index (χ2n) is 4.18. The molecule has 0 radical (unpaired) electrons. The Morgan fingerprint density at radius 2 is 2.35 bits per heavy atom. The molecule has 17 heavy (non-hydrogen) atoms. The summed E-state index contributed by atoms with van der Waals surface area (Å²) in [4.78, 5) is 11.9. The van der Waals surface area contributed by atoms with Crippen LogP contribution in [-0.2, 0) is 0 Å². The van der Waals surface area contributed by atoms with E-state index in [2.05, 4.69) is 15.5 Å². The average molecular weight is 233 g/mol. The molecule has 1 aromatic heterocycles. The van der Waals surface area contributed by atoms with Crippen LogP contribution >= 0.6 is 0 Å². The standard InChI is InChI=1S/C12H15N3O2/c1-7-3-4-10-9(5-7)11(15-14-10)12(17)13-8(2)6-16/h3-5,8,16H,6H2,1-2H3,(H,13,17)(H,14,15). The van der Waals surface area contributed by atoms with Crippen molar-refractivity contribution < 1.29 is 9.90 Å². The number of H-pyrrole nitrogens is 1. The van der Waals surface area contributed by atoms with Gasteiger partial charge in [0.05, 0.1) is 12.1 Å². The Morgan fingerprint density at radius 1 is 1.59 bits per heavy atom. The van der Waals surface area contributed by atoms with E-state index in [1.54, 1.807) is 6.92 Å². The summed E-state index contributed by atoms with van der Waals surface area (Å²) in [6, 6.07) is 5.49. The first-order valence-electron chi connectivity index (χ1n) is 5.48. The number of hydrogen-bond acceptors (Lipinski definition) is 3. The molecule has 5 heteroatoms. The number of aromatic nitrogens is 2. The van der Waals surface area contributed by atoms with Gasteiger partial charge >= 0.3 is 0 Å². The smallest absolute Gasteiger partial charge is 0.272 e. The largest absolute Gasteiger partial charge is 0.394 e. The highest BCUT2D eigenvalue weighted by atomic mass is 16.3. The second-order valence-corrected chi connectivity index (χ2v) is 4.18. The fraction of sp³-hybridized carbons (Fsp3) is 0.333. The number of carbonyl (C=O) groups is 1. The third-order valence-electron chi connectivity index (χ3n) is 2.58.